The second-order valence-corrected chi connectivity index (χ2v) is 9.02. The Kier molecular flexibility index (Phi) is 7.86. The molecule has 1 aliphatic carbocycles. The minimum atomic E-state index is -4.31. The van der Waals surface area contributed by atoms with Gasteiger partial charge in [-0.2, -0.15) is 13.2 Å². The molecule has 0 saturated heterocycles. The number of hydrogen-bond acceptors (Lipinski definition) is 2. The molecule has 0 radical (unpaired) electrons. The van der Waals surface area contributed by atoms with Crippen molar-refractivity contribution in [2.24, 2.45) is 11.8 Å². The quantitative estimate of drug-likeness (QED) is 0.380. The SMILES string of the molecule is Cc1cnc(C2C=CC(C(F)(F)F)=CC2)n1Cc1ccccc1OCCC[C@@H](C)C(C)C. The molecule has 0 aliphatic heterocycles. The van der Waals surface area contributed by atoms with Gasteiger partial charge in [-0.1, -0.05) is 57.2 Å². The molecule has 0 fully saturated rings. The van der Waals surface area contributed by atoms with Gasteiger partial charge in [0, 0.05) is 23.4 Å². The van der Waals surface area contributed by atoms with Crippen molar-refractivity contribution in [3.05, 3.63) is 71.3 Å². The highest BCUT2D eigenvalue weighted by atomic mass is 19.4. The highest BCUT2D eigenvalue weighted by molar-refractivity contribution is 5.35. The van der Waals surface area contributed by atoms with Crippen LogP contribution in [0.4, 0.5) is 13.2 Å². The van der Waals surface area contributed by atoms with Gasteiger partial charge in [0.2, 0.25) is 0 Å². The highest BCUT2D eigenvalue weighted by Gasteiger charge is 2.33. The minimum absolute atomic E-state index is 0.180. The van der Waals surface area contributed by atoms with E-state index in [1.165, 1.54) is 6.08 Å². The monoisotopic (exact) mass is 446 g/mol. The molecule has 1 aliphatic rings. The van der Waals surface area contributed by atoms with Crippen LogP contribution in [-0.4, -0.2) is 22.3 Å². The van der Waals surface area contributed by atoms with E-state index in [9.17, 15) is 13.2 Å². The van der Waals surface area contributed by atoms with Gasteiger partial charge in [-0.25, -0.2) is 4.98 Å². The number of aromatic nitrogens is 2. The van der Waals surface area contributed by atoms with E-state index in [4.69, 9.17) is 4.74 Å². The van der Waals surface area contributed by atoms with E-state index in [-0.39, 0.29) is 12.3 Å². The Morgan fingerprint density at radius 2 is 1.94 bits per heavy atom. The predicted molar refractivity (Wildman–Crippen MR) is 122 cm³/mol. The fourth-order valence-corrected chi connectivity index (χ4v) is 3.87. The summed E-state index contributed by atoms with van der Waals surface area (Å²) in [5, 5.41) is 0. The van der Waals surface area contributed by atoms with Crippen molar-refractivity contribution in [1.29, 1.82) is 0 Å². The molecule has 6 heteroatoms. The summed E-state index contributed by atoms with van der Waals surface area (Å²) in [7, 11) is 0. The number of rotatable bonds is 9. The van der Waals surface area contributed by atoms with Gasteiger partial charge in [0.15, 0.2) is 0 Å². The number of imidazole rings is 1. The van der Waals surface area contributed by atoms with Crippen molar-refractivity contribution < 1.29 is 17.9 Å². The molecule has 1 aromatic carbocycles. The lowest BCUT2D eigenvalue weighted by molar-refractivity contribution is -0.0886. The van der Waals surface area contributed by atoms with Crippen molar-refractivity contribution in [2.75, 3.05) is 6.61 Å². The number of allylic oxidation sites excluding steroid dienone is 4. The molecular formula is C26H33F3N2O. The molecular weight excluding hydrogens is 413 g/mol. The maximum Gasteiger partial charge on any atom is 0.416 e. The first-order valence-corrected chi connectivity index (χ1v) is 11.3. The second kappa shape index (κ2) is 10.4. The minimum Gasteiger partial charge on any atom is -0.493 e. The summed E-state index contributed by atoms with van der Waals surface area (Å²) in [6, 6.07) is 7.96. The normalized spacial score (nSPS) is 17.5. The Hall–Kier alpha value is -2.50. The molecule has 174 valence electrons. The first-order valence-electron chi connectivity index (χ1n) is 11.3. The van der Waals surface area contributed by atoms with E-state index in [2.05, 4.69) is 30.3 Å². The molecule has 0 spiro atoms. The van der Waals surface area contributed by atoms with Crippen LogP contribution in [0.2, 0.25) is 0 Å². The first kappa shape index (κ1) is 24.1. The zero-order valence-electron chi connectivity index (χ0n) is 19.3. The molecule has 0 N–H and O–H groups in total. The third-order valence-corrected chi connectivity index (χ3v) is 6.35. The molecule has 0 bridgehead atoms. The van der Waals surface area contributed by atoms with Crippen LogP contribution >= 0.6 is 0 Å². The van der Waals surface area contributed by atoms with Crippen LogP contribution in [0.15, 0.2) is 54.3 Å². The fraction of sp³-hybridized carbons (Fsp3) is 0.500. The zero-order chi connectivity index (χ0) is 23.3. The van der Waals surface area contributed by atoms with Crippen LogP contribution in [0, 0.1) is 18.8 Å². The summed E-state index contributed by atoms with van der Waals surface area (Å²) in [6.07, 6.45) is 3.92. The van der Waals surface area contributed by atoms with E-state index in [1.807, 2.05) is 31.2 Å². The smallest absolute Gasteiger partial charge is 0.416 e. The number of ether oxygens (including phenoxy) is 1. The highest BCUT2D eigenvalue weighted by Crippen LogP contribution is 2.34. The summed E-state index contributed by atoms with van der Waals surface area (Å²) in [6.45, 7) is 9.96. The lowest BCUT2D eigenvalue weighted by Gasteiger charge is -2.20. The average Bonchev–Trinajstić information content (AvgIpc) is 3.11. The van der Waals surface area contributed by atoms with Crippen molar-refractivity contribution in [2.45, 2.75) is 65.6 Å². The summed E-state index contributed by atoms with van der Waals surface area (Å²) in [5.74, 6) is 2.78. The van der Waals surface area contributed by atoms with Gasteiger partial charge in [-0.3, -0.25) is 0 Å². The maximum absolute atomic E-state index is 12.9. The van der Waals surface area contributed by atoms with E-state index in [0.717, 1.165) is 41.7 Å². The van der Waals surface area contributed by atoms with E-state index < -0.39 is 11.7 Å². The van der Waals surface area contributed by atoms with Crippen molar-refractivity contribution in [3.8, 4) is 5.75 Å². The number of hydrogen-bond donors (Lipinski definition) is 0. The van der Waals surface area contributed by atoms with Crippen LogP contribution in [0.25, 0.3) is 0 Å². The van der Waals surface area contributed by atoms with Gasteiger partial charge in [0.1, 0.15) is 11.6 Å². The molecule has 0 saturated carbocycles. The van der Waals surface area contributed by atoms with E-state index >= 15 is 0 Å². The number of alkyl halides is 3. The number of para-hydroxylation sites is 1. The largest absolute Gasteiger partial charge is 0.493 e. The van der Waals surface area contributed by atoms with E-state index in [0.29, 0.717) is 25.0 Å². The summed E-state index contributed by atoms with van der Waals surface area (Å²) in [4.78, 5) is 4.52. The molecule has 3 rings (SSSR count). The van der Waals surface area contributed by atoms with Crippen molar-refractivity contribution >= 4 is 0 Å². The Bertz CT molecular complexity index is 956. The fourth-order valence-electron chi connectivity index (χ4n) is 3.87. The third-order valence-electron chi connectivity index (χ3n) is 6.35. The number of aryl methyl sites for hydroxylation is 1. The van der Waals surface area contributed by atoms with Crippen LogP contribution in [0.3, 0.4) is 0 Å². The number of benzene rings is 1. The Labute approximate surface area is 189 Å². The summed E-state index contributed by atoms with van der Waals surface area (Å²) in [5.41, 5.74) is 1.42. The van der Waals surface area contributed by atoms with Crippen LogP contribution in [0.5, 0.6) is 5.75 Å². The molecule has 2 atom stereocenters. The molecule has 0 amide bonds. The Morgan fingerprint density at radius 1 is 1.19 bits per heavy atom. The standard InChI is InChI=1S/C26H33F3N2O/c1-18(2)19(3)8-7-15-32-24-10-6-5-9-22(24)17-31-20(4)16-30-25(31)21-11-13-23(14-12-21)26(27,28)29/h5-6,9-11,13-14,16,18-19,21H,7-8,12,15,17H2,1-4H3/t19-,21?/m1/s1. The molecule has 32 heavy (non-hydrogen) atoms. The van der Waals surface area contributed by atoms with Crippen LogP contribution in [-0.2, 0) is 6.54 Å². The van der Waals surface area contributed by atoms with Gasteiger partial charge in [-0.15, -0.1) is 0 Å². The lowest BCUT2D eigenvalue weighted by Crippen LogP contribution is -2.16. The van der Waals surface area contributed by atoms with Gasteiger partial charge in [0.05, 0.1) is 18.7 Å². The number of halogens is 3. The predicted octanol–water partition coefficient (Wildman–Crippen LogP) is 7.22. The summed E-state index contributed by atoms with van der Waals surface area (Å²) < 4.78 is 47.0. The molecule has 3 nitrogen and oxygen atoms in total. The first-order chi connectivity index (χ1) is 15.2. The summed E-state index contributed by atoms with van der Waals surface area (Å²) >= 11 is 0. The third kappa shape index (κ3) is 6.05. The topological polar surface area (TPSA) is 27.1 Å². The Morgan fingerprint density at radius 3 is 2.59 bits per heavy atom. The van der Waals surface area contributed by atoms with Gasteiger partial charge < -0.3 is 9.30 Å². The molecule has 1 heterocycles. The van der Waals surface area contributed by atoms with Gasteiger partial charge >= 0.3 is 6.18 Å². The van der Waals surface area contributed by atoms with Crippen LogP contribution in [0.1, 0.15) is 63.0 Å². The van der Waals surface area contributed by atoms with Crippen molar-refractivity contribution in [3.63, 3.8) is 0 Å². The second-order valence-electron chi connectivity index (χ2n) is 9.02. The maximum atomic E-state index is 12.9. The van der Waals surface area contributed by atoms with Gasteiger partial charge in [-0.05, 0) is 44.1 Å². The van der Waals surface area contributed by atoms with Crippen molar-refractivity contribution in [1.82, 2.24) is 9.55 Å². The lowest BCUT2D eigenvalue weighted by atomic mass is 9.93. The molecule has 1 unspecified atom stereocenters. The molecule has 2 aromatic rings. The average molecular weight is 447 g/mol. The van der Waals surface area contributed by atoms with E-state index in [1.54, 1.807) is 12.3 Å². The molecule has 1 aromatic heterocycles. The van der Waals surface area contributed by atoms with Gasteiger partial charge in [0.25, 0.3) is 0 Å². The Balaban J connectivity index is 1.70. The van der Waals surface area contributed by atoms with Crippen LogP contribution < -0.4 is 4.74 Å². The zero-order valence-corrected chi connectivity index (χ0v) is 19.3. The number of nitrogens with zero attached hydrogens (tertiary/aromatic N) is 2.